The first-order valence-corrected chi connectivity index (χ1v) is 8.92. The number of nitrogens with one attached hydrogen (secondary N) is 1. The summed E-state index contributed by atoms with van der Waals surface area (Å²) in [5, 5.41) is 14.0. The fraction of sp³-hybridized carbons (Fsp3) is 0.941. The van der Waals surface area contributed by atoms with Crippen molar-refractivity contribution in [2.75, 3.05) is 19.6 Å². The van der Waals surface area contributed by atoms with Gasteiger partial charge in [-0.15, -0.1) is 0 Å². The van der Waals surface area contributed by atoms with E-state index in [1.807, 2.05) is 4.90 Å². The van der Waals surface area contributed by atoms with Gasteiger partial charge in [-0.2, -0.15) is 0 Å². The monoisotopic (exact) mass is 294 g/mol. The molecule has 0 aromatic carbocycles. The summed E-state index contributed by atoms with van der Waals surface area (Å²) in [6, 6.07) is 0.541. The molecule has 1 saturated heterocycles. The van der Waals surface area contributed by atoms with Crippen molar-refractivity contribution in [1.82, 2.24) is 10.2 Å². The lowest BCUT2D eigenvalue weighted by atomic mass is 9.86. The van der Waals surface area contributed by atoms with Gasteiger partial charge in [0.1, 0.15) is 0 Å². The highest BCUT2D eigenvalue weighted by molar-refractivity contribution is 5.86. The van der Waals surface area contributed by atoms with Crippen LogP contribution in [0.25, 0.3) is 0 Å². The number of rotatable bonds is 6. The van der Waals surface area contributed by atoms with Crippen molar-refractivity contribution in [3.63, 3.8) is 0 Å². The fourth-order valence-electron chi connectivity index (χ4n) is 3.86. The van der Waals surface area contributed by atoms with E-state index in [4.69, 9.17) is 0 Å². The molecule has 0 radical (unpaired) electrons. The summed E-state index contributed by atoms with van der Waals surface area (Å²) >= 11 is 0. The van der Waals surface area contributed by atoms with Crippen LogP contribution in [0.3, 0.4) is 0 Å². The molecule has 0 aromatic heterocycles. The third kappa shape index (κ3) is 3.98. The molecule has 4 heteroatoms. The minimum Gasteiger partial charge on any atom is -0.379 e. The van der Waals surface area contributed by atoms with Crippen LogP contribution in [0.15, 0.2) is 0 Å². The molecule has 0 bridgehead atoms. The van der Waals surface area contributed by atoms with E-state index in [0.29, 0.717) is 19.0 Å². The second kappa shape index (κ2) is 6.66. The van der Waals surface area contributed by atoms with Crippen molar-refractivity contribution in [2.24, 2.45) is 5.92 Å². The number of carbonyl (C=O) groups excluding carboxylic acids is 1. The lowest BCUT2D eigenvalue weighted by molar-refractivity contribution is -0.156. The van der Waals surface area contributed by atoms with Gasteiger partial charge in [0.05, 0.1) is 0 Å². The molecule has 1 atom stereocenters. The molecule has 2 aliphatic carbocycles. The van der Waals surface area contributed by atoms with E-state index < -0.39 is 5.60 Å². The Morgan fingerprint density at radius 2 is 1.90 bits per heavy atom. The maximum absolute atomic E-state index is 12.6. The number of aliphatic hydroxyl groups is 1. The Hall–Kier alpha value is -0.610. The molecule has 120 valence electrons. The highest BCUT2D eigenvalue weighted by Crippen LogP contribution is 2.29. The Morgan fingerprint density at radius 3 is 2.62 bits per heavy atom. The zero-order valence-corrected chi connectivity index (χ0v) is 13.1. The maximum Gasteiger partial charge on any atom is 0.255 e. The smallest absolute Gasteiger partial charge is 0.255 e. The molecule has 0 aromatic rings. The summed E-state index contributed by atoms with van der Waals surface area (Å²) < 4.78 is 0. The minimum absolute atomic E-state index is 0.0299. The Kier molecular flexibility index (Phi) is 4.85. The lowest BCUT2D eigenvalue weighted by Crippen LogP contribution is -2.58. The van der Waals surface area contributed by atoms with Crippen LogP contribution in [-0.2, 0) is 4.79 Å². The van der Waals surface area contributed by atoms with Crippen molar-refractivity contribution >= 4 is 5.91 Å². The van der Waals surface area contributed by atoms with Crippen molar-refractivity contribution in [1.29, 1.82) is 0 Å². The van der Waals surface area contributed by atoms with Crippen LogP contribution in [0.4, 0.5) is 0 Å². The Bertz CT molecular complexity index is 364. The number of piperidine rings is 1. The summed E-state index contributed by atoms with van der Waals surface area (Å²) in [7, 11) is 0. The van der Waals surface area contributed by atoms with E-state index in [2.05, 4.69) is 5.32 Å². The first-order chi connectivity index (χ1) is 10.2. The summed E-state index contributed by atoms with van der Waals surface area (Å²) in [5.74, 6) is 0.767. The summed E-state index contributed by atoms with van der Waals surface area (Å²) in [4.78, 5) is 14.5. The van der Waals surface area contributed by atoms with Crippen LogP contribution in [0.5, 0.6) is 0 Å². The van der Waals surface area contributed by atoms with E-state index in [1.54, 1.807) is 0 Å². The molecule has 2 N–H and O–H groups in total. The zero-order chi connectivity index (χ0) is 14.7. The predicted octanol–water partition coefficient (Wildman–Crippen LogP) is 2.06. The van der Waals surface area contributed by atoms with Crippen LogP contribution in [0.1, 0.15) is 64.2 Å². The third-order valence-electron chi connectivity index (χ3n) is 5.50. The SMILES string of the molecule is O=C1N(CCC2CCCCC2)CCCC1(O)CNC1CC1. The van der Waals surface area contributed by atoms with Crippen molar-refractivity contribution in [2.45, 2.75) is 75.9 Å². The Morgan fingerprint density at radius 1 is 1.14 bits per heavy atom. The topological polar surface area (TPSA) is 52.6 Å². The maximum atomic E-state index is 12.6. The fourth-order valence-corrected chi connectivity index (χ4v) is 3.86. The quantitative estimate of drug-likeness (QED) is 0.788. The molecule has 2 saturated carbocycles. The Balaban J connectivity index is 1.48. The molecular weight excluding hydrogens is 264 g/mol. The highest BCUT2D eigenvalue weighted by Gasteiger charge is 2.42. The average Bonchev–Trinajstić information content (AvgIpc) is 3.32. The molecule has 1 amide bonds. The molecule has 0 spiro atoms. The van der Waals surface area contributed by atoms with Crippen molar-refractivity contribution in [3.05, 3.63) is 0 Å². The minimum atomic E-state index is -1.15. The van der Waals surface area contributed by atoms with Gasteiger partial charge in [-0.3, -0.25) is 4.79 Å². The second-order valence-electron chi connectivity index (χ2n) is 7.38. The molecule has 3 fully saturated rings. The van der Waals surface area contributed by atoms with E-state index in [0.717, 1.165) is 31.8 Å². The van der Waals surface area contributed by atoms with Gasteiger partial charge in [0.2, 0.25) is 0 Å². The van der Waals surface area contributed by atoms with Crippen molar-refractivity contribution < 1.29 is 9.90 Å². The standard InChI is InChI=1S/C17H30N2O2/c20-16-17(21,13-18-15-7-8-15)10-4-11-19(16)12-9-14-5-2-1-3-6-14/h14-15,18,21H,1-13H2. The van der Waals surface area contributed by atoms with Gasteiger partial charge in [-0.25, -0.2) is 0 Å². The summed E-state index contributed by atoms with van der Waals surface area (Å²) in [5.41, 5.74) is -1.15. The lowest BCUT2D eigenvalue weighted by Gasteiger charge is -2.39. The number of hydrogen-bond acceptors (Lipinski definition) is 3. The van der Waals surface area contributed by atoms with E-state index in [1.165, 1.54) is 44.9 Å². The van der Waals surface area contributed by atoms with Crippen LogP contribution in [-0.4, -0.2) is 47.2 Å². The molecule has 3 rings (SSSR count). The van der Waals surface area contributed by atoms with Crippen LogP contribution >= 0.6 is 0 Å². The van der Waals surface area contributed by atoms with E-state index in [-0.39, 0.29) is 5.91 Å². The average molecular weight is 294 g/mol. The first-order valence-electron chi connectivity index (χ1n) is 8.92. The highest BCUT2D eigenvalue weighted by atomic mass is 16.3. The van der Waals surface area contributed by atoms with Gasteiger partial charge in [0.15, 0.2) is 5.60 Å². The van der Waals surface area contributed by atoms with Gasteiger partial charge in [0, 0.05) is 25.7 Å². The molecular formula is C17H30N2O2. The number of nitrogens with zero attached hydrogens (tertiary/aromatic N) is 1. The largest absolute Gasteiger partial charge is 0.379 e. The normalized spacial score (nSPS) is 31.7. The predicted molar refractivity (Wildman–Crippen MR) is 83.0 cm³/mol. The summed E-state index contributed by atoms with van der Waals surface area (Å²) in [6.07, 6.45) is 11.8. The molecule has 4 nitrogen and oxygen atoms in total. The van der Waals surface area contributed by atoms with Gasteiger partial charge >= 0.3 is 0 Å². The van der Waals surface area contributed by atoms with E-state index >= 15 is 0 Å². The molecule has 1 unspecified atom stereocenters. The van der Waals surface area contributed by atoms with Gasteiger partial charge < -0.3 is 15.3 Å². The molecule has 21 heavy (non-hydrogen) atoms. The van der Waals surface area contributed by atoms with E-state index in [9.17, 15) is 9.90 Å². The van der Waals surface area contributed by atoms with Gasteiger partial charge in [0.25, 0.3) is 5.91 Å². The number of carbonyl (C=O) groups is 1. The zero-order valence-electron chi connectivity index (χ0n) is 13.1. The number of likely N-dealkylation sites (tertiary alicyclic amines) is 1. The van der Waals surface area contributed by atoms with Crippen LogP contribution < -0.4 is 5.32 Å². The van der Waals surface area contributed by atoms with Crippen LogP contribution in [0.2, 0.25) is 0 Å². The van der Waals surface area contributed by atoms with Crippen molar-refractivity contribution in [3.8, 4) is 0 Å². The first kappa shape index (κ1) is 15.3. The summed E-state index contributed by atoms with van der Waals surface area (Å²) in [6.45, 7) is 2.11. The Labute approximate surface area is 128 Å². The number of amides is 1. The number of hydrogen-bond donors (Lipinski definition) is 2. The third-order valence-corrected chi connectivity index (χ3v) is 5.50. The second-order valence-corrected chi connectivity index (χ2v) is 7.38. The van der Waals surface area contributed by atoms with Crippen LogP contribution in [0, 0.1) is 5.92 Å². The van der Waals surface area contributed by atoms with Gasteiger partial charge in [-0.05, 0) is 38.0 Å². The molecule has 1 heterocycles. The molecule has 1 aliphatic heterocycles. The molecule has 3 aliphatic rings. The van der Waals surface area contributed by atoms with Gasteiger partial charge in [-0.1, -0.05) is 32.1 Å².